The Hall–Kier alpha value is -2.04. The zero-order valence-corrected chi connectivity index (χ0v) is 11.8. The maximum Gasteiger partial charge on any atom is 0.224 e. The van der Waals surface area contributed by atoms with E-state index in [1.807, 2.05) is 26.0 Å². The molecule has 4 N–H and O–H groups in total. The second-order valence-electron chi connectivity index (χ2n) is 5.63. The number of carbonyl (C=O) groups excluding carboxylic acids is 1. The van der Waals surface area contributed by atoms with Gasteiger partial charge in [-0.25, -0.2) is 0 Å². The number of rotatable bonds is 4. The minimum Gasteiger partial charge on any atom is -0.409 e. The van der Waals surface area contributed by atoms with E-state index in [0.29, 0.717) is 0 Å². The number of hydrogen-bond acceptors (Lipinski definition) is 3. The molecule has 20 heavy (non-hydrogen) atoms. The van der Waals surface area contributed by atoms with Gasteiger partial charge in [0.15, 0.2) is 5.84 Å². The molecule has 0 fully saturated rings. The van der Waals surface area contributed by atoms with Crippen LogP contribution < -0.4 is 11.1 Å². The van der Waals surface area contributed by atoms with E-state index in [2.05, 4.69) is 22.6 Å². The summed E-state index contributed by atoms with van der Waals surface area (Å²) < 4.78 is 0. The van der Waals surface area contributed by atoms with E-state index in [0.717, 1.165) is 12.8 Å². The van der Waals surface area contributed by atoms with Crippen LogP contribution in [0.1, 0.15) is 25.0 Å². The summed E-state index contributed by atoms with van der Waals surface area (Å²) in [6.07, 6.45) is 1.51. The van der Waals surface area contributed by atoms with Gasteiger partial charge in [0.25, 0.3) is 0 Å². The fraction of sp³-hybridized carbons (Fsp3) is 0.467. The van der Waals surface area contributed by atoms with Crippen molar-refractivity contribution in [1.29, 1.82) is 0 Å². The molecule has 1 aromatic rings. The van der Waals surface area contributed by atoms with Crippen LogP contribution in [0.25, 0.3) is 0 Å². The summed E-state index contributed by atoms with van der Waals surface area (Å²) in [5.41, 5.74) is 8.10. The standard InChI is InChI=1S/C15H21N3O2/c1-9(2)13(14(16)18-20)17-15(19)12-7-10-5-3-4-6-11(10)8-12/h3-6,9,12-13,20H,7-8H2,1-2H3,(H2,16,18)(H,17,19). The number of amides is 1. The Morgan fingerprint density at radius 1 is 1.35 bits per heavy atom. The Balaban J connectivity index is 2.03. The normalized spacial score (nSPS) is 17.1. The predicted octanol–water partition coefficient (Wildman–Crippen LogP) is 1.29. The average Bonchev–Trinajstić information content (AvgIpc) is 2.87. The highest BCUT2D eigenvalue weighted by Gasteiger charge is 2.30. The van der Waals surface area contributed by atoms with E-state index in [1.54, 1.807) is 0 Å². The first-order valence-corrected chi connectivity index (χ1v) is 6.87. The molecule has 0 aromatic heterocycles. The van der Waals surface area contributed by atoms with Gasteiger partial charge in [-0.15, -0.1) is 0 Å². The molecule has 5 nitrogen and oxygen atoms in total. The van der Waals surface area contributed by atoms with Crippen molar-refractivity contribution in [2.45, 2.75) is 32.7 Å². The number of oxime groups is 1. The molecule has 1 atom stereocenters. The molecular weight excluding hydrogens is 254 g/mol. The number of nitrogens with zero attached hydrogens (tertiary/aromatic N) is 1. The highest BCUT2D eigenvalue weighted by molar-refractivity contribution is 5.91. The van der Waals surface area contributed by atoms with Crippen LogP contribution in [-0.4, -0.2) is 23.0 Å². The van der Waals surface area contributed by atoms with Crippen LogP contribution >= 0.6 is 0 Å². The van der Waals surface area contributed by atoms with Crippen LogP contribution in [0.5, 0.6) is 0 Å². The molecule has 0 saturated heterocycles. The topological polar surface area (TPSA) is 87.7 Å². The van der Waals surface area contributed by atoms with E-state index < -0.39 is 6.04 Å². The van der Waals surface area contributed by atoms with Gasteiger partial charge in [0, 0.05) is 5.92 Å². The second-order valence-corrected chi connectivity index (χ2v) is 5.63. The molecule has 2 rings (SSSR count). The van der Waals surface area contributed by atoms with Crippen molar-refractivity contribution in [2.24, 2.45) is 22.7 Å². The minimum absolute atomic E-state index is 0.0356. The molecule has 0 aliphatic heterocycles. The Labute approximate surface area is 118 Å². The van der Waals surface area contributed by atoms with Crippen LogP contribution in [0.4, 0.5) is 0 Å². The van der Waals surface area contributed by atoms with Gasteiger partial charge in [0.05, 0.1) is 6.04 Å². The number of fused-ring (bicyclic) bond motifs is 1. The summed E-state index contributed by atoms with van der Waals surface area (Å²) in [6.45, 7) is 3.85. The first kappa shape index (κ1) is 14.4. The Kier molecular flexibility index (Phi) is 4.27. The highest BCUT2D eigenvalue weighted by atomic mass is 16.4. The molecule has 1 amide bonds. The van der Waals surface area contributed by atoms with Gasteiger partial charge >= 0.3 is 0 Å². The van der Waals surface area contributed by atoms with Gasteiger partial charge in [-0.2, -0.15) is 0 Å². The number of hydrogen-bond donors (Lipinski definition) is 3. The van der Waals surface area contributed by atoms with E-state index in [4.69, 9.17) is 10.9 Å². The summed E-state index contributed by atoms with van der Waals surface area (Å²) >= 11 is 0. The van der Waals surface area contributed by atoms with E-state index in [1.165, 1.54) is 11.1 Å². The van der Waals surface area contributed by atoms with Crippen molar-refractivity contribution in [2.75, 3.05) is 0 Å². The molecule has 108 valence electrons. The van der Waals surface area contributed by atoms with Gasteiger partial charge in [0.1, 0.15) is 0 Å². The smallest absolute Gasteiger partial charge is 0.224 e. The Bertz CT molecular complexity index is 501. The van der Waals surface area contributed by atoms with Gasteiger partial charge in [0.2, 0.25) is 5.91 Å². The Morgan fingerprint density at radius 3 is 2.35 bits per heavy atom. The molecule has 0 heterocycles. The molecule has 5 heteroatoms. The first-order chi connectivity index (χ1) is 9.52. The molecule has 1 unspecified atom stereocenters. The third kappa shape index (κ3) is 2.92. The van der Waals surface area contributed by atoms with Crippen molar-refractivity contribution in [1.82, 2.24) is 5.32 Å². The molecule has 0 radical (unpaired) electrons. The number of benzene rings is 1. The maximum atomic E-state index is 12.3. The summed E-state index contributed by atoms with van der Waals surface area (Å²) in [6, 6.07) is 7.67. The molecule has 0 spiro atoms. The van der Waals surface area contributed by atoms with Crippen LogP contribution in [0.15, 0.2) is 29.4 Å². The number of carbonyl (C=O) groups is 1. The molecule has 1 aromatic carbocycles. The molecule has 1 aliphatic carbocycles. The second kappa shape index (κ2) is 5.94. The average molecular weight is 275 g/mol. The van der Waals surface area contributed by atoms with Gasteiger partial charge in [-0.05, 0) is 29.9 Å². The largest absolute Gasteiger partial charge is 0.409 e. The van der Waals surface area contributed by atoms with E-state index in [9.17, 15) is 4.79 Å². The monoisotopic (exact) mass is 275 g/mol. The van der Waals surface area contributed by atoms with Crippen molar-refractivity contribution in [3.8, 4) is 0 Å². The van der Waals surface area contributed by atoms with E-state index >= 15 is 0 Å². The third-order valence-corrected chi connectivity index (χ3v) is 3.82. The van der Waals surface area contributed by atoms with Crippen LogP contribution in [0, 0.1) is 11.8 Å². The van der Waals surface area contributed by atoms with Gasteiger partial charge in [-0.1, -0.05) is 43.3 Å². The zero-order valence-electron chi connectivity index (χ0n) is 11.8. The quantitative estimate of drug-likeness (QED) is 0.335. The minimum atomic E-state index is -0.434. The third-order valence-electron chi connectivity index (χ3n) is 3.82. The number of nitrogens with two attached hydrogens (primary N) is 1. The summed E-state index contributed by atoms with van der Waals surface area (Å²) in [4.78, 5) is 12.3. The highest BCUT2D eigenvalue weighted by Crippen LogP contribution is 2.26. The predicted molar refractivity (Wildman–Crippen MR) is 77.5 cm³/mol. The lowest BCUT2D eigenvalue weighted by Gasteiger charge is -2.22. The van der Waals surface area contributed by atoms with Gasteiger partial charge in [-0.3, -0.25) is 4.79 Å². The van der Waals surface area contributed by atoms with Crippen LogP contribution in [0.2, 0.25) is 0 Å². The molecule has 1 aliphatic rings. The van der Waals surface area contributed by atoms with Crippen LogP contribution in [-0.2, 0) is 17.6 Å². The summed E-state index contributed by atoms with van der Waals surface area (Å²) in [5.74, 6) is 0.00846. The van der Waals surface area contributed by atoms with Crippen molar-refractivity contribution in [3.05, 3.63) is 35.4 Å². The number of nitrogens with one attached hydrogen (secondary N) is 1. The van der Waals surface area contributed by atoms with Crippen molar-refractivity contribution >= 4 is 11.7 Å². The van der Waals surface area contributed by atoms with Crippen molar-refractivity contribution < 1.29 is 10.0 Å². The SMILES string of the molecule is CC(C)C(NC(=O)C1Cc2ccccc2C1)/C(N)=N/O. The molecular formula is C15H21N3O2. The summed E-state index contributed by atoms with van der Waals surface area (Å²) in [5, 5.41) is 14.7. The maximum absolute atomic E-state index is 12.3. The molecule has 0 bridgehead atoms. The number of amidine groups is 1. The van der Waals surface area contributed by atoms with Crippen molar-refractivity contribution in [3.63, 3.8) is 0 Å². The fourth-order valence-electron chi connectivity index (χ4n) is 2.66. The Morgan fingerprint density at radius 2 is 1.90 bits per heavy atom. The first-order valence-electron chi connectivity index (χ1n) is 6.87. The zero-order chi connectivity index (χ0) is 14.7. The lowest BCUT2D eigenvalue weighted by Crippen LogP contribution is -2.49. The van der Waals surface area contributed by atoms with E-state index in [-0.39, 0.29) is 23.6 Å². The lowest BCUT2D eigenvalue weighted by molar-refractivity contribution is -0.125. The lowest BCUT2D eigenvalue weighted by atomic mass is 10.0. The summed E-state index contributed by atoms with van der Waals surface area (Å²) in [7, 11) is 0. The molecule has 0 saturated carbocycles. The van der Waals surface area contributed by atoms with Crippen LogP contribution in [0.3, 0.4) is 0 Å². The fourth-order valence-corrected chi connectivity index (χ4v) is 2.66. The van der Waals surface area contributed by atoms with Gasteiger partial charge < -0.3 is 16.3 Å².